The van der Waals surface area contributed by atoms with Gasteiger partial charge in [0.15, 0.2) is 0 Å². The van der Waals surface area contributed by atoms with Crippen molar-refractivity contribution in [3.05, 3.63) is 29.3 Å². The van der Waals surface area contributed by atoms with Crippen molar-refractivity contribution < 1.29 is 4.74 Å². The van der Waals surface area contributed by atoms with Gasteiger partial charge in [-0.2, -0.15) is 0 Å². The van der Waals surface area contributed by atoms with Crippen LogP contribution < -0.4 is 10.1 Å². The van der Waals surface area contributed by atoms with Crippen molar-refractivity contribution in [2.45, 2.75) is 33.1 Å². The van der Waals surface area contributed by atoms with Crippen LogP contribution in [0.3, 0.4) is 0 Å². The fourth-order valence-corrected chi connectivity index (χ4v) is 3.99. The zero-order valence-corrected chi connectivity index (χ0v) is 14.3. The molecule has 2 unspecified atom stereocenters. The van der Waals surface area contributed by atoms with Gasteiger partial charge >= 0.3 is 0 Å². The number of ether oxygens (including phenoxy) is 1. The van der Waals surface area contributed by atoms with Gasteiger partial charge in [-0.1, -0.05) is 19.9 Å². The lowest BCUT2D eigenvalue weighted by atomic mass is 9.89. The molecule has 0 amide bonds. The highest BCUT2D eigenvalue weighted by atomic mass is 16.5. The maximum atomic E-state index is 5.98. The molecule has 2 aliphatic heterocycles. The maximum absolute atomic E-state index is 5.98. The molecule has 122 valence electrons. The zero-order chi connectivity index (χ0) is 15.5. The summed E-state index contributed by atoms with van der Waals surface area (Å²) in [6.45, 7) is 13.4. The number of fused-ring (bicyclic) bond motifs is 1. The van der Waals surface area contributed by atoms with Crippen molar-refractivity contribution in [2.75, 3.05) is 39.3 Å². The summed E-state index contributed by atoms with van der Waals surface area (Å²) in [4.78, 5) is 2.57. The van der Waals surface area contributed by atoms with Crippen LogP contribution in [0.1, 0.15) is 37.3 Å². The summed E-state index contributed by atoms with van der Waals surface area (Å²) in [6, 6.07) is 6.52. The van der Waals surface area contributed by atoms with Crippen molar-refractivity contribution in [3.63, 3.8) is 0 Å². The van der Waals surface area contributed by atoms with Crippen LogP contribution in [0.2, 0.25) is 0 Å². The Morgan fingerprint density at radius 3 is 2.86 bits per heavy atom. The molecule has 0 bridgehead atoms. The van der Waals surface area contributed by atoms with E-state index in [9.17, 15) is 0 Å². The molecule has 3 heteroatoms. The van der Waals surface area contributed by atoms with Gasteiger partial charge in [-0.05, 0) is 74.0 Å². The Hall–Kier alpha value is -1.06. The molecular formula is C19H30N2O. The van der Waals surface area contributed by atoms with Crippen LogP contribution in [0.5, 0.6) is 5.75 Å². The fourth-order valence-electron chi connectivity index (χ4n) is 3.99. The van der Waals surface area contributed by atoms with Gasteiger partial charge in [0.05, 0.1) is 0 Å². The van der Waals surface area contributed by atoms with Gasteiger partial charge < -0.3 is 10.1 Å². The fraction of sp³-hybridized carbons (Fsp3) is 0.684. The third-order valence-electron chi connectivity index (χ3n) is 5.33. The molecule has 0 saturated carbocycles. The Kier molecular flexibility index (Phi) is 5.04. The molecule has 0 spiro atoms. The third kappa shape index (κ3) is 3.64. The Bertz CT molecular complexity index is 500. The number of nitrogens with one attached hydrogen (secondary N) is 1. The number of benzene rings is 1. The van der Waals surface area contributed by atoms with E-state index in [0.29, 0.717) is 5.92 Å². The summed E-state index contributed by atoms with van der Waals surface area (Å²) in [7, 11) is 0. The highest BCUT2D eigenvalue weighted by Crippen LogP contribution is 2.26. The van der Waals surface area contributed by atoms with E-state index in [1.165, 1.54) is 43.7 Å². The normalized spacial score (nSPS) is 25.5. The first kappa shape index (κ1) is 15.8. The van der Waals surface area contributed by atoms with Crippen LogP contribution in [0.25, 0.3) is 0 Å². The molecule has 0 radical (unpaired) electrons. The first-order valence-corrected chi connectivity index (χ1v) is 8.80. The van der Waals surface area contributed by atoms with Gasteiger partial charge in [-0.15, -0.1) is 0 Å². The summed E-state index contributed by atoms with van der Waals surface area (Å²) in [5, 5.41) is 3.53. The summed E-state index contributed by atoms with van der Waals surface area (Å²) < 4.78 is 5.98. The lowest BCUT2D eigenvalue weighted by Gasteiger charge is -2.34. The van der Waals surface area contributed by atoms with E-state index in [1.807, 2.05) is 0 Å². The van der Waals surface area contributed by atoms with Gasteiger partial charge in [-0.3, -0.25) is 4.90 Å². The molecular weight excluding hydrogens is 272 g/mol. The van der Waals surface area contributed by atoms with Crippen molar-refractivity contribution >= 4 is 0 Å². The monoisotopic (exact) mass is 302 g/mol. The number of hydrogen-bond acceptors (Lipinski definition) is 3. The van der Waals surface area contributed by atoms with Gasteiger partial charge in [-0.25, -0.2) is 0 Å². The summed E-state index contributed by atoms with van der Waals surface area (Å²) >= 11 is 0. The quantitative estimate of drug-likeness (QED) is 0.905. The minimum atomic E-state index is 0.579. The molecule has 2 saturated heterocycles. The average molecular weight is 302 g/mol. The molecule has 1 aromatic carbocycles. The Balaban J connectivity index is 1.46. The van der Waals surface area contributed by atoms with Crippen LogP contribution in [-0.2, 0) is 0 Å². The SMILES string of the molecule is Cc1cc(OCCN2CCC3CNCC3C2)ccc1C(C)C. The highest BCUT2D eigenvalue weighted by molar-refractivity contribution is 5.36. The topological polar surface area (TPSA) is 24.5 Å². The van der Waals surface area contributed by atoms with Crippen LogP contribution in [0, 0.1) is 18.8 Å². The minimum absolute atomic E-state index is 0.579. The van der Waals surface area contributed by atoms with Gasteiger partial charge in [0.1, 0.15) is 12.4 Å². The second-order valence-electron chi connectivity index (χ2n) is 7.29. The first-order valence-electron chi connectivity index (χ1n) is 8.80. The molecule has 1 aromatic rings. The first-order chi connectivity index (χ1) is 10.6. The molecule has 2 atom stereocenters. The summed E-state index contributed by atoms with van der Waals surface area (Å²) in [5.74, 6) is 3.37. The minimum Gasteiger partial charge on any atom is -0.492 e. The molecule has 2 fully saturated rings. The predicted octanol–water partition coefficient (Wildman–Crippen LogP) is 3.04. The van der Waals surface area contributed by atoms with E-state index >= 15 is 0 Å². The number of hydrogen-bond donors (Lipinski definition) is 1. The predicted molar refractivity (Wildman–Crippen MR) is 91.7 cm³/mol. The molecule has 2 heterocycles. The third-order valence-corrected chi connectivity index (χ3v) is 5.33. The number of aryl methyl sites for hydroxylation is 1. The standard InChI is InChI=1S/C19H30N2O/c1-14(2)19-5-4-18(10-15(19)3)22-9-8-21-7-6-16-11-20-12-17(16)13-21/h4-5,10,14,16-17,20H,6-9,11-13H2,1-3H3. The van der Waals surface area contributed by atoms with Crippen molar-refractivity contribution in [3.8, 4) is 5.75 Å². The molecule has 1 N–H and O–H groups in total. The van der Waals surface area contributed by atoms with Crippen molar-refractivity contribution in [2.24, 2.45) is 11.8 Å². The maximum Gasteiger partial charge on any atom is 0.119 e. The number of rotatable bonds is 5. The van der Waals surface area contributed by atoms with Crippen molar-refractivity contribution in [1.82, 2.24) is 10.2 Å². The lowest BCUT2D eigenvalue weighted by molar-refractivity contribution is 0.127. The molecule has 0 aromatic heterocycles. The van der Waals surface area contributed by atoms with Crippen LogP contribution in [0.4, 0.5) is 0 Å². The molecule has 3 rings (SSSR count). The Labute approximate surface area is 135 Å². The van der Waals surface area contributed by atoms with E-state index in [4.69, 9.17) is 4.74 Å². The molecule has 3 nitrogen and oxygen atoms in total. The highest BCUT2D eigenvalue weighted by Gasteiger charge is 2.32. The largest absolute Gasteiger partial charge is 0.492 e. The zero-order valence-electron chi connectivity index (χ0n) is 14.3. The summed E-state index contributed by atoms with van der Waals surface area (Å²) in [6.07, 6.45) is 1.35. The molecule has 0 aliphatic carbocycles. The Morgan fingerprint density at radius 2 is 2.09 bits per heavy atom. The summed E-state index contributed by atoms with van der Waals surface area (Å²) in [5.41, 5.74) is 2.76. The van der Waals surface area contributed by atoms with Gasteiger partial charge in [0, 0.05) is 13.1 Å². The second kappa shape index (κ2) is 7.01. The van der Waals surface area contributed by atoms with Gasteiger partial charge in [0.2, 0.25) is 0 Å². The van der Waals surface area contributed by atoms with E-state index in [0.717, 1.165) is 30.7 Å². The van der Waals surface area contributed by atoms with Gasteiger partial charge in [0.25, 0.3) is 0 Å². The number of piperidine rings is 1. The smallest absolute Gasteiger partial charge is 0.119 e. The number of likely N-dealkylation sites (tertiary alicyclic amines) is 1. The van der Waals surface area contributed by atoms with Crippen LogP contribution in [-0.4, -0.2) is 44.2 Å². The lowest BCUT2D eigenvalue weighted by Crippen LogP contribution is -2.41. The van der Waals surface area contributed by atoms with E-state index in [1.54, 1.807) is 0 Å². The molecule has 2 aliphatic rings. The van der Waals surface area contributed by atoms with E-state index in [2.05, 4.69) is 49.2 Å². The second-order valence-corrected chi connectivity index (χ2v) is 7.29. The van der Waals surface area contributed by atoms with E-state index in [-0.39, 0.29) is 0 Å². The van der Waals surface area contributed by atoms with E-state index < -0.39 is 0 Å². The Morgan fingerprint density at radius 1 is 1.27 bits per heavy atom. The van der Waals surface area contributed by atoms with Crippen LogP contribution in [0.15, 0.2) is 18.2 Å². The van der Waals surface area contributed by atoms with Crippen molar-refractivity contribution in [1.29, 1.82) is 0 Å². The molecule has 22 heavy (non-hydrogen) atoms. The number of nitrogens with zero attached hydrogens (tertiary/aromatic N) is 1. The average Bonchev–Trinajstić information content (AvgIpc) is 2.94. The van der Waals surface area contributed by atoms with Crippen LogP contribution >= 0.6 is 0 Å².